The predicted octanol–water partition coefficient (Wildman–Crippen LogP) is 3.11. The summed E-state index contributed by atoms with van der Waals surface area (Å²) in [7, 11) is 0. The van der Waals surface area contributed by atoms with Crippen LogP contribution >= 0.6 is 11.6 Å². The van der Waals surface area contributed by atoms with Gasteiger partial charge in [-0.1, -0.05) is 18.5 Å². The van der Waals surface area contributed by atoms with Gasteiger partial charge in [0.15, 0.2) is 11.5 Å². The van der Waals surface area contributed by atoms with Crippen molar-refractivity contribution in [3.05, 3.63) is 22.2 Å². The number of ether oxygens (including phenoxy) is 2. The van der Waals surface area contributed by atoms with Gasteiger partial charge in [0.05, 0.1) is 5.02 Å². The molecule has 1 aromatic rings. The van der Waals surface area contributed by atoms with Crippen LogP contribution in [0.1, 0.15) is 30.4 Å². The van der Waals surface area contributed by atoms with E-state index in [-0.39, 0.29) is 5.92 Å². The molecule has 17 heavy (non-hydrogen) atoms. The lowest BCUT2D eigenvalue weighted by Crippen LogP contribution is -2.16. The summed E-state index contributed by atoms with van der Waals surface area (Å²) in [5, 5.41) is 0.578. The number of rotatable bonds is 3. The standard InChI is InChI=1S/C13H15ClO3/c1-8(3-4-15)11-9(2)7-10-13(12(11)14)17-6-5-16-10/h4,7-8H,3,5-6H2,1-2H3. The van der Waals surface area contributed by atoms with E-state index < -0.39 is 0 Å². The lowest BCUT2D eigenvalue weighted by Gasteiger charge is -2.24. The van der Waals surface area contributed by atoms with Crippen LogP contribution in [0.4, 0.5) is 0 Å². The summed E-state index contributed by atoms with van der Waals surface area (Å²) in [6.07, 6.45) is 1.37. The smallest absolute Gasteiger partial charge is 0.180 e. The molecule has 1 heterocycles. The predicted molar refractivity (Wildman–Crippen MR) is 66.3 cm³/mol. The molecule has 0 aliphatic carbocycles. The van der Waals surface area contributed by atoms with Gasteiger partial charge in [0.25, 0.3) is 0 Å². The van der Waals surface area contributed by atoms with Gasteiger partial charge in [-0.15, -0.1) is 0 Å². The molecule has 0 spiro atoms. The van der Waals surface area contributed by atoms with E-state index in [0.717, 1.165) is 17.4 Å². The topological polar surface area (TPSA) is 35.5 Å². The highest BCUT2D eigenvalue weighted by molar-refractivity contribution is 6.33. The van der Waals surface area contributed by atoms with Crippen molar-refractivity contribution in [3.63, 3.8) is 0 Å². The van der Waals surface area contributed by atoms with E-state index in [1.165, 1.54) is 0 Å². The molecule has 2 rings (SSSR count). The first-order valence-corrected chi connectivity index (χ1v) is 6.05. The number of carbonyl (C=O) groups excluding carboxylic acids is 1. The van der Waals surface area contributed by atoms with Gasteiger partial charge in [-0.2, -0.15) is 0 Å². The molecule has 1 unspecified atom stereocenters. The summed E-state index contributed by atoms with van der Waals surface area (Å²) in [6, 6.07) is 1.93. The van der Waals surface area contributed by atoms with Gasteiger partial charge in [0.1, 0.15) is 19.5 Å². The van der Waals surface area contributed by atoms with Gasteiger partial charge in [-0.05, 0) is 30.0 Å². The zero-order valence-electron chi connectivity index (χ0n) is 9.96. The van der Waals surface area contributed by atoms with Crippen molar-refractivity contribution in [2.24, 2.45) is 0 Å². The van der Waals surface area contributed by atoms with Crippen LogP contribution in [0.2, 0.25) is 5.02 Å². The largest absolute Gasteiger partial charge is 0.486 e. The highest BCUT2D eigenvalue weighted by Crippen LogP contribution is 2.44. The Labute approximate surface area is 106 Å². The third-order valence-corrected chi connectivity index (χ3v) is 3.34. The molecule has 0 saturated heterocycles. The Morgan fingerprint density at radius 3 is 2.88 bits per heavy atom. The Morgan fingerprint density at radius 1 is 1.47 bits per heavy atom. The number of hydrogen-bond donors (Lipinski definition) is 0. The van der Waals surface area contributed by atoms with E-state index in [1.807, 2.05) is 19.9 Å². The van der Waals surface area contributed by atoms with E-state index in [4.69, 9.17) is 21.1 Å². The fraction of sp³-hybridized carbons (Fsp3) is 0.462. The molecule has 0 aromatic heterocycles. The van der Waals surface area contributed by atoms with Crippen molar-refractivity contribution in [1.82, 2.24) is 0 Å². The molecule has 0 saturated carbocycles. The molecule has 1 aliphatic heterocycles. The molecule has 92 valence electrons. The molecular formula is C13H15ClO3. The summed E-state index contributed by atoms with van der Waals surface area (Å²) in [4.78, 5) is 10.6. The third-order valence-electron chi connectivity index (χ3n) is 2.96. The Balaban J connectivity index is 2.48. The second-order valence-electron chi connectivity index (χ2n) is 4.25. The van der Waals surface area contributed by atoms with Crippen molar-refractivity contribution >= 4 is 17.9 Å². The van der Waals surface area contributed by atoms with Crippen LogP contribution in [0.3, 0.4) is 0 Å². The van der Waals surface area contributed by atoms with Gasteiger partial charge < -0.3 is 14.3 Å². The molecule has 4 heteroatoms. The van der Waals surface area contributed by atoms with E-state index in [1.54, 1.807) is 0 Å². The Kier molecular flexibility index (Phi) is 3.57. The van der Waals surface area contributed by atoms with Crippen LogP contribution in [0.25, 0.3) is 0 Å². The van der Waals surface area contributed by atoms with Crippen LogP contribution in [0, 0.1) is 6.92 Å². The molecule has 0 amide bonds. The first-order chi connectivity index (χ1) is 8.15. The number of benzene rings is 1. The number of halogens is 1. The molecule has 0 N–H and O–H groups in total. The normalized spacial score (nSPS) is 15.5. The molecule has 1 atom stereocenters. The molecule has 3 nitrogen and oxygen atoms in total. The van der Waals surface area contributed by atoms with Gasteiger partial charge in [0.2, 0.25) is 0 Å². The van der Waals surface area contributed by atoms with Crippen molar-refractivity contribution < 1.29 is 14.3 Å². The van der Waals surface area contributed by atoms with Gasteiger partial charge in [-0.3, -0.25) is 0 Å². The van der Waals surface area contributed by atoms with Gasteiger partial charge in [-0.25, -0.2) is 0 Å². The van der Waals surface area contributed by atoms with Crippen LogP contribution in [-0.2, 0) is 4.79 Å². The van der Waals surface area contributed by atoms with Crippen LogP contribution < -0.4 is 9.47 Å². The number of hydrogen-bond acceptors (Lipinski definition) is 3. The zero-order chi connectivity index (χ0) is 12.4. The van der Waals surface area contributed by atoms with E-state index in [2.05, 4.69) is 0 Å². The van der Waals surface area contributed by atoms with Crippen LogP contribution in [0.5, 0.6) is 11.5 Å². The number of carbonyl (C=O) groups is 1. The Morgan fingerprint density at radius 2 is 2.18 bits per heavy atom. The number of aryl methyl sites for hydroxylation is 1. The van der Waals surface area contributed by atoms with E-state index in [9.17, 15) is 4.79 Å². The van der Waals surface area contributed by atoms with Crippen LogP contribution in [0.15, 0.2) is 6.07 Å². The first kappa shape index (κ1) is 12.2. The van der Waals surface area contributed by atoms with Gasteiger partial charge in [0, 0.05) is 6.42 Å². The monoisotopic (exact) mass is 254 g/mol. The summed E-state index contributed by atoms with van der Waals surface area (Å²) in [5.74, 6) is 1.40. The maximum absolute atomic E-state index is 10.6. The summed E-state index contributed by atoms with van der Waals surface area (Å²) in [5.41, 5.74) is 2.01. The fourth-order valence-electron chi connectivity index (χ4n) is 2.15. The Bertz CT molecular complexity index is 443. The second kappa shape index (κ2) is 4.96. The molecule has 1 aliphatic rings. The first-order valence-electron chi connectivity index (χ1n) is 5.67. The minimum Gasteiger partial charge on any atom is -0.486 e. The summed E-state index contributed by atoms with van der Waals surface area (Å²) >= 11 is 6.34. The highest BCUT2D eigenvalue weighted by atomic mass is 35.5. The maximum atomic E-state index is 10.6. The second-order valence-corrected chi connectivity index (χ2v) is 4.63. The lowest BCUT2D eigenvalue weighted by molar-refractivity contribution is -0.108. The van der Waals surface area contributed by atoms with E-state index >= 15 is 0 Å². The molecule has 0 radical (unpaired) electrons. The molecular weight excluding hydrogens is 240 g/mol. The van der Waals surface area contributed by atoms with Crippen molar-refractivity contribution in [1.29, 1.82) is 0 Å². The van der Waals surface area contributed by atoms with Crippen molar-refractivity contribution in [2.75, 3.05) is 13.2 Å². The van der Waals surface area contributed by atoms with Gasteiger partial charge >= 0.3 is 0 Å². The highest BCUT2D eigenvalue weighted by Gasteiger charge is 2.22. The average Bonchev–Trinajstić information content (AvgIpc) is 2.29. The maximum Gasteiger partial charge on any atom is 0.180 e. The SMILES string of the molecule is Cc1cc2c(c(Cl)c1C(C)CC=O)OCCO2. The Hall–Kier alpha value is -1.22. The number of fused-ring (bicyclic) bond motifs is 1. The van der Waals surface area contributed by atoms with E-state index in [0.29, 0.717) is 36.2 Å². The third kappa shape index (κ3) is 2.25. The molecule has 0 bridgehead atoms. The molecule has 0 fully saturated rings. The number of aldehydes is 1. The zero-order valence-corrected chi connectivity index (χ0v) is 10.7. The fourth-order valence-corrected chi connectivity index (χ4v) is 2.63. The van der Waals surface area contributed by atoms with Crippen molar-refractivity contribution in [2.45, 2.75) is 26.2 Å². The molecule has 1 aromatic carbocycles. The summed E-state index contributed by atoms with van der Waals surface area (Å²) < 4.78 is 11.0. The minimum absolute atomic E-state index is 0.0934. The minimum atomic E-state index is 0.0934. The lowest BCUT2D eigenvalue weighted by atomic mass is 9.93. The average molecular weight is 255 g/mol. The summed E-state index contributed by atoms with van der Waals surface area (Å²) in [6.45, 7) is 5.02. The quantitative estimate of drug-likeness (QED) is 0.778. The van der Waals surface area contributed by atoms with Crippen molar-refractivity contribution in [3.8, 4) is 11.5 Å². The van der Waals surface area contributed by atoms with Crippen LogP contribution in [-0.4, -0.2) is 19.5 Å².